The summed E-state index contributed by atoms with van der Waals surface area (Å²) < 4.78 is 0. The molecule has 5 heteroatoms. The lowest BCUT2D eigenvalue weighted by Gasteiger charge is -2.05. The molecule has 0 aromatic carbocycles. The van der Waals surface area contributed by atoms with Gasteiger partial charge in [0, 0.05) is 17.8 Å². The fourth-order valence-corrected chi connectivity index (χ4v) is 2.38. The van der Waals surface area contributed by atoms with E-state index in [0.717, 1.165) is 28.7 Å². The van der Waals surface area contributed by atoms with E-state index in [4.69, 9.17) is 0 Å². The highest BCUT2D eigenvalue weighted by atomic mass is 32.1. The Kier molecular flexibility index (Phi) is 2.38. The van der Waals surface area contributed by atoms with Crippen LogP contribution < -0.4 is 5.32 Å². The third-order valence-corrected chi connectivity index (χ3v) is 3.37. The van der Waals surface area contributed by atoms with Crippen LogP contribution in [0.25, 0.3) is 11.0 Å². The zero-order chi connectivity index (χ0) is 11.7. The van der Waals surface area contributed by atoms with Crippen molar-refractivity contribution in [2.24, 2.45) is 0 Å². The first kappa shape index (κ1) is 10.0. The number of pyridine rings is 1. The van der Waals surface area contributed by atoms with Crippen LogP contribution >= 0.6 is 11.3 Å². The maximum atomic E-state index is 10.8. The van der Waals surface area contributed by atoms with E-state index in [-0.39, 0.29) is 0 Å². The summed E-state index contributed by atoms with van der Waals surface area (Å²) in [6, 6.07) is 5.74. The summed E-state index contributed by atoms with van der Waals surface area (Å²) in [5.41, 5.74) is 2.61. The average Bonchev–Trinajstić information content (AvgIpc) is 2.97. The van der Waals surface area contributed by atoms with E-state index in [1.807, 2.05) is 29.8 Å². The lowest BCUT2D eigenvalue weighted by molar-refractivity contribution is 0.112. The first-order chi connectivity index (χ1) is 8.38. The molecule has 0 saturated carbocycles. The lowest BCUT2D eigenvalue weighted by Crippen LogP contribution is -1.92. The summed E-state index contributed by atoms with van der Waals surface area (Å²) >= 11 is 1.42. The van der Waals surface area contributed by atoms with Gasteiger partial charge in [0.25, 0.3) is 0 Å². The number of aldehydes is 1. The quantitative estimate of drug-likeness (QED) is 0.694. The predicted molar refractivity (Wildman–Crippen MR) is 69.1 cm³/mol. The molecule has 2 N–H and O–H groups in total. The number of H-pyrrole nitrogens is 1. The van der Waals surface area contributed by atoms with E-state index in [1.165, 1.54) is 11.3 Å². The van der Waals surface area contributed by atoms with Crippen molar-refractivity contribution in [2.45, 2.75) is 0 Å². The Labute approximate surface area is 101 Å². The summed E-state index contributed by atoms with van der Waals surface area (Å²) in [7, 11) is 0. The molecule has 17 heavy (non-hydrogen) atoms. The molecular weight excluding hydrogens is 234 g/mol. The van der Waals surface area contributed by atoms with Gasteiger partial charge in [-0.25, -0.2) is 4.98 Å². The molecule has 0 radical (unpaired) electrons. The summed E-state index contributed by atoms with van der Waals surface area (Å²) in [6.07, 6.45) is 4.44. The molecule has 0 bridgehead atoms. The van der Waals surface area contributed by atoms with Gasteiger partial charge in [0.15, 0.2) is 6.29 Å². The number of anilines is 2. The molecule has 0 fully saturated rings. The van der Waals surface area contributed by atoms with Crippen molar-refractivity contribution in [1.82, 2.24) is 9.97 Å². The average molecular weight is 243 g/mol. The number of aromatic amines is 1. The molecule has 0 saturated heterocycles. The van der Waals surface area contributed by atoms with Gasteiger partial charge in [-0.2, -0.15) is 0 Å². The standard InChI is InChI=1S/C12H9N3OS/c16-7-11-10(3-6-17-11)15-9-2-5-14-12-8(9)1-4-13-12/h1-7H,(H2,13,14,15). The minimum atomic E-state index is 0.700. The third-order valence-electron chi connectivity index (χ3n) is 2.53. The third kappa shape index (κ3) is 1.70. The van der Waals surface area contributed by atoms with Gasteiger partial charge in [0.1, 0.15) is 5.65 Å². The Hall–Kier alpha value is -2.14. The smallest absolute Gasteiger partial charge is 0.162 e. The number of carbonyl (C=O) groups excluding carboxylic acids is 1. The van der Waals surface area contributed by atoms with Gasteiger partial charge in [0.05, 0.1) is 16.3 Å². The molecule has 3 heterocycles. The number of hydrogen-bond acceptors (Lipinski definition) is 4. The number of aromatic nitrogens is 2. The number of carbonyl (C=O) groups is 1. The Morgan fingerprint density at radius 3 is 3.12 bits per heavy atom. The van der Waals surface area contributed by atoms with Crippen molar-refractivity contribution in [3.63, 3.8) is 0 Å². The number of fused-ring (bicyclic) bond motifs is 1. The second kappa shape index (κ2) is 4.03. The molecule has 0 spiro atoms. The number of thiophene rings is 1. The molecule has 3 aromatic rings. The molecule has 4 nitrogen and oxygen atoms in total. The Bertz CT molecular complexity index is 671. The topological polar surface area (TPSA) is 57.8 Å². The summed E-state index contributed by atoms with van der Waals surface area (Å²) in [4.78, 5) is 18.8. The molecule has 0 aliphatic carbocycles. The van der Waals surface area contributed by atoms with Crippen LogP contribution in [0.15, 0.2) is 36.0 Å². The minimum Gasteiger partial charge on any atom is -0.354 e. The van der Waals surface area contributed by atoms with Gasteiger partial charge in [-0.3, -0.25) is 4.79 Å². The van der Waals surface area contributed by atoms with E-state index in [1.54, 1.807) is 6.20 Å². The molecule has 0 amide bonds. The van der Waals surface area contributed by atoms with Crippen LogP contribution in [0.3, 0.4) is 0 Å². The van der Waals surface area contributed by atoms with Gasteiger partial charge in [-0.15, -0.1) is 11.3 Å². The number of rotatable bonds is 3. The molecule has 3 rings (SSSR count). The van der Waals surface area contributed by atoms with Gasteiger partial charge >= 0.3 is 0 Å². The fourth-order valence-electron chi connectivity index (χ4n) is 1.73. The number of nitrogens with one attached hydrogen (secondary N) is 2. The Morgan fingerprint density at radius 1 is 1.29 bits per heavy atom. The van der Waals surface area contributed by atoms with E-state index in [0.29, 0.717) is 4.88 Å². The van der Waals surface area contributed by atoms with Gasteiger partial charge in [-0.05, 0) is 23.6 Å². The Balaban J connectivity index is 2.05. The van der Waals surface area contributed by atoms with Gasteiger partial charge < -0.3 is 10.3 Å². The second-order valence-corrected chi connectivity index (χ2v) is 4.49. The monoisotopic (exact) mass is 243 g/mol. The zero-order valence-electron chi connectivity index (χ0n) is 8.81. The van der Waals surface area contributed by atoms with Crippen molar-refractivity contribution in [2.75, 3.05) is 5.32 Å². The Morgan fingerprint density at radius 2 is 2.24 bits per heavy atom. The summed E-state index contributed by atoms with van der Waals surface area (Å²) in [6.45, 7) is 0. The van der Waals surface area contributed by atoms with Crippen molar-refractivity contribution in [1.29, 1.82) is 0 Å². The molecule has 84 valence electrons. The first-order valence-electron chi connectivity index (χ1n) is 5.10. The van der Waals surface area contributed by atoms with Crippen LogP contribution in [-0.4, -0.2) is 16.3 Å². The highest BCUT2D eigenvalue weighted by Gasteiger charge is 2.06. The molecule has 0 aliphatic rings. The molecule has 3 aromatic heterocycles. The number of nitrogens with zero attached hydrogens (tertiary/aromatic N) is 1. The van der Waals surface area contributed by atoms with Crippen molar-refractivity contribution in [3.8, 4) is 0 Å². The summed E-state index contributed by atoms with van der Waals surface area (Å²) in [5, 5.41) is 6.15. The molecule has 0 unspecified atom stereocenters. The first-order valence-corrected chi connectivity index (χ1v) is 5.98. The zero-order valence-corrected chi connectivity index (χ0v) is 9.62. The SMILES string of the molecule is O=Cc1sccc1Nc1ccnc2[nH]ccc12. The van der Waals surface area contributed by atoms with E-state index in [9.17, 15) is 4.79 Å². The molecular formula is C12H9N3OS. The normalized spacial score (nSPS) is 10.6. The van der Waals surface area contributed by atoms with Crippen LogP contribution in [-0.2, 0) is 0 Å². The predicted octanol–water partition coefficient (Wildman–Crippen LogP) is 3.18. The minimum absolute atomic E-state index is 0.700. The highest BCUT2D eigenvalue weighted by Crippen LogP contribution is 2.28. The van der Waals surface area contributed by atoms with E-state index in [2.05, 4.69) is 15.3 Å². The van der Waals surface area contributed by atoms with Crippen molar-refractivity contribution < 1.29 is 4.79 Å². The van der Waals surface area contributed by atoms with Crippen LogP contribution in [0.5, 0.6) is 0 Å². The van der Waals surface area contributed by atoms with Gasteiger partial charge in [0.2, 0.25) is 0 Å². The number of hydrogen-bond donors (Lipinski definition) is 2. The van der Waals surface area contributed by atoms with Crippen LogP contribution in [0.2, 0.25) is 0 Å². The van der Waals surface area contributed by atoms with Crippen LogP contribution in [0, 0.1) is 0 Å². The van der Waals surface area contributed by atoms with Gasteiger partial charge in [-0.1, -0.05) is 0 Å². The van der Waals surface area contributed by atoms with E-state index < -0.39 is 0 Å². The molecule has 0 aliphatic heterocycles. The fraction of sp³-hybridized carbons (Fsp3) is 0. The van der Waals surface area contributed by atoms with E-state index >= 15 is 0 Å². The largest absolute Gasteiger partial charge is 0.354 e. The van der Waals surface area contributed by atoms with Crippen LogP contribution in [0.4, 0.5) is 11.4 Å². The summed E-state index contributed by atoms with van der Waals surface area (Å²) in [5.74, 6) is 0. The maximum absolute atomic E-state index is 10.8. The highest BCUT2D eigenvalue weighted by molar-refractivity contribution is 7.12. The lowest BCUT2D eigenvalue weighted by atomic mass is 10.2. The van der Waals surface area contributed by atoms with Crippen molar-refractivity contribution >= 4 is 40.0 Å². The van der Waals surface area contributed by atoms with Crippen molar-refractivity contribution in [3.05, 3.63) is 40.8 Å². The maximum Gasteiger partial charge on any atom is 0.162 e. The van der Waals surface area contributed by atoms with Crippen LogP contribution in [0.1, 0.15) is 9.67 Å². The second-order valence-electron chi connectivity index (χ2n) is 3.54. The molecule has 0 atom stereocenters.